The summed E-state index contributed by atoms with van der Waals surface area (Å²) in [4.78, 5) is 16.9. The van der Waals surface area contributed by atoms with Gasteiger partial charge in [0.25, 0.3) is 5.91 Å². The van der Waals surface area contributed by atoms with Crippen molar-refractivity contribution in [1.29, 1.82) is 0 Å². The molecular formula is C21H22N2O5S. The molecule has 0 aliphatic carbocycles. The number of hydrogen-bond donors (Lipinski definition) is 1. The molecule has 0 fully saturated rings. The topological polar surface area (TPSA) is 78.9 Å². The van der Waals surface area contributed by atoms with Crippen molar-refractivity contribution < 1.29 is 23.7 Å². The second-order valence-electron chi connectivity index (χ2n) is 5.98. The molecular weight excluding hydrogens is 392 g/mol. The largest absolute Gasteiger partial charge is 0.493 e. The molecule has 1 amide bonds. The number of ether oxygens (including phenoxy) is 4. The lowest BCUT2D eigenvalue weighted by atomic mass is 10.2. The van der Waals surface area contributed by atoms with Crippen LogP contribution in [0.15, 0.2) is 41.8 Å². The molecule has 29 heavy (non-hydrogen) atoms. The summed E-state index contributed by atoms with van der Waals surface area (Å²) >= 11 is 1.39. The number of carbonyl (C=O) groups excluding carboxylic acids is 1. The van der Waals surface area contributed by atoms with Gasteiger partial charge in [0.1, 0.15) is 10.7 Å². The van der Waals surface area contributed by atoms with Crippen molar-refractivity contribution in [2.24, 2.45) is 0 Å². The number of methoxy groups -OCH3 is 4. The van der Waals surface area contributed by atoms with Gasteiger partial charge >= 0.3 is 0 Å². The molecule has 0 unspecified atom stereocenters. The van der Waals surface area contributed by atoms with Crippen LogP contribution in [0.4, 0.5) is 0 Å². The van der Waals surface area contributed by atoms with Crippen LogP contribution in [-0.2, 0) is 6.54 Å². The third-order valence-corrected chi connectivity index (χ3v) is 5.16. The van der Waals surface area contributed by atoms with Crippen molar-refractivity contribution in [2.75, 3.05) is 28.4 Å². The van der Waals surface area contributed by atoms with Crippen molar-refractivity contribution in [3.05, 3.63) is 53.0 Å². The van der Waals surface area contributed by atoms with Crippen LogP contribution in [0.3, 0.4) is 0 Å². The van der Waals surface area contributed by atoms with E-state index in [4.69, 9.17) is 18.9 Å². The second-order valence-corrected chi connectivity index (χ2v) is 6.84. The number of hydrogen-bond acceptors (Lipinski definition) is 7. The van der Waals surface area contributed by atoms with Crippen molar-refractivity contribution >= 4 is 17.2 Å². The highest BCUT2D eigenvalue weighted by atomic mass is 32.1. The maximum atomic E-state index is 12.5. The molecule has 1 heterocycles. The zero-order valence-corrected chi connectivity index (χ0v) is 17.5. The smallest absolute Gasteiger partial charge is 0.271 e. The molecule has 3 aromatic rings. The van der Waals surface area contributed by atoms with Gasteiger partial charge in [-0.15, -0.1) is 11.3 Å². The summed E-state index contributed by atoms with van der Waals surface area (Å²) in [5.41, 5.74) is 2.11. The lowest BCUT2D eigenvalue weighted by Gasteiger charge is -2.10. The minimum Gasteiger partial charge on any atom is -0.493 e. The van der Waals surface area contributed by atoms with E-state index in [1.165, 1.54) is 11.3 Å². The van der Waals surface area contributed by atoms with Gasteiger partial charge in [-0.3, -0.25) is 4.79 Å². The standard InChI is InChI=1S/C21H22N2O5S/c1-25-16-7-5-13(9-18(16)27-3)11-22-20(24)15-12-29-21(23-15)14-6-8-17(26-2)19(10-14)28-4/h5-10,12H,11H2,1-4H3,(H,22,24). The molecule has 0 saturated heterocycles. The molecule has 152 valence electrons. The van der Waals surface area contributed by atoms with E-state index < -0.39 is 0 Å². The van der Waals surface area contributed by atoms with Gasteiger partial charge in [0, 0.05) is 17.5 Å². The van der Waals surface area contributed by atoms with Crippen LogP contribution in [0.1, 0.15) is 16.1 Å². The normalized spacial score (nSPS) is 10.3. The summed E-state index contributed by atoms with van der Waals surface area (Å²) in [6.45, 7) is 0.350. The van der Waals surface area contributed by atoms with E-state index in [0.29, 0.717) is 35.2 Å². The molecule has 2 aromatic carbocycles. The number of aromatic nitrogens is 1. The van der Waals surface area contributed by atoms with Crippen LogP contribution in [-0.4, -0.2) is 39.3 Å². The van der Waals surface area contributed by atoms with Gasteiger partial charge in [0.2, 0.25) is 0 Å². The number of nitrogens with one attached hydrogen (secondary N) is 1. The fraction of sp³-hybridized carbons (Fsp3) is 0.238. The van der Waals surface area contributed by atoms with Gasteiger partial charge in [0.15, 0.2) is 23.0 Å². The van der Waals surface area contributed by atoms with Gasteiger partial charge in [-0.2, -0.15) is 0 Å². The Morgan fingerprint density at radius 2 is 1.52 bits per heavy atom. The van der Waals surface area contributed by atoms with Crippen LogP contribution >= 0.6 is 11.3 Å². The van der Waals surface area contributed by atoms with Gasteiger partial charge in [-0.1, -0.05) is 6.07 Å². The van der Waals surface area contributed by atoms with Gasteiger partial charge in [0.05, 0.1) is 28.4 Å². The first-order valence-electron chi connectivity index (χ1n) is 8.76. The summed E-state index contributed by atoms with van der Waals surface area (Å²) in [6, 6.07) is 11.0. The van der Waals surface area contributed by atoms with E-state index in [1.807, 2.05) is 30.3 Å². The van der Waals surface area contributed by atoms with Crippen LogP contribution < -0.4 is 24.3 Å². The minimum atomic E-state index is -0.247. The Balaban J connectivity index is 1.70. The summed E-state index contributed by atoms with van der Waals surface area (Å²) in [6.07, 6.45) is 0. The van der Waals surface area contributed by atoms with E-state index in [-0.39, 0.29) is 5.91 Å². The molecule has 8 heteroatoms. The Kier molecular flexibility index (Phi) is 6.56. The minimum absolute atomic E-state index is 0.247. The van der Waals surface area contributed by atoms with Crippen LogP contribution in [0.25, 0.3) is 10.6 Å². The van der Waals surface area contributed by atoms with E-state index in [0.717, 1.165) is 16.1 Å². The third kappa shape index (κ3) is 4.60. The van der Waals surface area contributed by atoms with E-state index in [9.17, 15) is 4.79 Å². The zero-order chi connectivity index (χ0) is 20.8. The highest BCUT2D eigenvalue weighted by molar-refractivity contribution is 7.13. The Bertz CT molecular complexity index is 1000. The second kappa shape index (κ2) is 9.29. The monoisotopic (exact) mass is 414 g/mol. The fourth-order valence-corrected chi connectivity index (χ4v) is 3.54. The number of rotatable bonds is 8. The van der Waals surface area contributed by atoms with Crippen LogP contribution in [0.5, 0.6) is 23.0 Å². The highest BCUT2D eigenvalue weighted by Crippen LogP contribution is 2.33. The summed E-state index contributed by atoms with van der Waals surface area (Å²) in [5, 5.41) is 5.33. The molecule has 1 N–H and O–H groups in total. The molecule has 7 nitrogen and oxygen atoms in total. The number of amides is 1. The molecule has 0 bridgehead atoms. The molecule has 1 aromatic heterocycles. The molecule has 0 atom stereocenters. The Hall–Kier alpha value is -3.26. The molecule has 0 spiro atoms. The highest BCUT2D eigenvalue weighted by Gasteiger charge is 2.14. The summed E-state index contributed by atoms with van der Waals surface area (Å²) < 4.78 is 21.1. The molecule has 0 aliphatic heterocycles. The maximum Gasteiger partial charge on any atom is 0.271 e. The van der Waals surface area contributed by atoms with E-state index >= 15 is 0 Å². The first-order chi connectivity index (χ1) is 14.1. The Morgan fingerprint density at radius 3 is 2.17 bits per heavy atom. The lowest BCUT2D eigenvalue weighted by molar-refractivity contribution is 0.0946. The number of nitrogens with zero attached hydrogens (tertiary/aromatic N) is 1. The third-order valence-electron chi connectivity index (χ3n) is 4.27. The summed E-state index contributed by atoms with van der Waals surface area (Å²) in [7, 11) is 6.32. The van der Waals surface area contributed by atoms with Crippen LogP contribution in [0, 0.1) is 0 Å². The lowest BCUT2D eigenvalue weighted by Crippen LogP contribution is -2.23. The van der Waals surface area contributed by atoms with Crippen LogP contribution in [0.2, 0.25) is 0 Å². The molecule has 0 radical (unpaired) electrons. The predicted molar refractivity (Wildman–Crippen MR) is 111 cm³/mol. The van der Waals surface area contributed by atoms with Crippen molar-refractivity contribution in [1.82, 2.24) is 10.3 Å². The quantitative estimate of drug-likeness (QED) is 0.604. The van der Waals surface area contributed by atoms with Gasteiger partial charge in [-0.05, 0) is 35.9 Å². The van der Waals surface area contributed by atoms with Crippen molar-refractivity contribution in [3.8, 4) is 33.6 Å². The van der Waals surface area contributed by atoms with E-state index in [2.05, 4.69) is 10.3 Å². The first-order valence-corrected chi connectivity index (χ1v) is 9.64. The Morgan fingerprint density at radius 1 is 0.897 bits per heavy atom. The van der Waals surface area contributed by atoms with E-state index in [1.54, 1.807) is 39.9 Å². The van der Waals surface area contributed by atoms with Gasteiger partial charge < -0.3 is 24.3 Å². The average molecular weight is 414 g/mol. The van der Waals surface area contributed by atoms with Gasteiger partial charge in [-0.25, -0.2) is 4.98 Å². The number of benzene rings is 2. The van der Waals surface area contributed by atoms with Crippen molar-refractivity contribution in [3.63, 3.8) is 0 Å². The Labute approximate surface area is 173 Å². The maximum absolute atomic E-state index is 12.5. The SMILES string of the molecule is COc1ccc(CNC(=O)c2csc(-c3ccc(OC)c(OC)c3)n2)cc1OC. The molecule has 0 aliphatic rings. The predicted octanol–water partition coefficient (Wildman–Crippen LogP) is 3.77. The first kappa shape index (κ1) is 20.5. The van der Waals surface area contributed by atoms with Crippen molar-refractivity contribution in [2.45, 2.75) is 6.54 Å². The molecule has 0 saturated carbocycles. The summed E-state index contributed by atoms with van der Waals surface area (Å²) in [5.74, 6) is 2.26. The molecule has 3 rings (SSSR count). The average Bonchev–Trinajstić information content (AvgIpc) is 3.27. The fourth-order valence-electron chi connectivity index (χ4n) is 2.74. The number of carbonyl (C=O) groups is 1. The number of thiazole rings is 1. The zero-order valence-electron chi connectivity index (χ0n) is 16.6.